The van der Waals surface area contributed by atoms with Gasteiger partial charge in [-0.25, -0.2) is 9.46 Å². The highest BCUT2D eigenvalue weighted by molar-refractivity contribution is 7.44. The zero-order valence-electron chi connectivity index (χ0n) is 34.6. The Bertz CT molecular complexity index is 2240. The number of anilines is 1. The molecule has 0 fully saturated rings. The molecule has 1 aliphatic rings. The van der Waals surface area contributed by atoms with E-state index in [2.05, 4.69) is 48.7 Å². The van der Waals surface area contributed by atoms with Crippen molar-refractivity contribution in [1.29, 1.82) is 5.26 Å². The van der Waals surface area contributed by atoms with Gasteiger partial charge in [0.15, 0.2) is 6.23 Å². The molecule has 4 aromatic carbocycles. The Labute approximate surface area is 352 Å². The van der Waals surface area contributed by atoms with E-state index in [1.54, 1.807) is 44.6 Å². The number of nitrogens with one attached hydrogen (secondary N) is 1. The molecule has 0 spiro atoms. The van der Waals surface area contributed by atoms with Gasteiger partial charge in [0.25, 0.3) is 5.91 Å². The van der Waals surface area contributed by atoms with E-state index in [0.29, 0.717) is 22.8 Å². The summed E-state index contributed by atoms with van der Waals surface area (Å²) in [5.74, 6) is 1.45. The third-order valence-corrected chi connectivity index (χ3v) is 11.9. The van der Waals surface area contributed by atoms with Crippen molar-refractivity contribution in [2.24, 2.45) is 0 Å². The van der Waals surface area contributed by atoms with Gasteiger partial charge in [-0.15, -0.1) is 0 Å². The van der Waals surface area contributed by atoms with Crippen molar-refractivity contribution in [3.05, 3.63) is 166 Å². The molecule has 1 aromatic heterocycles. The van der Waals surface area contributed by atoms with Crippen LogP contribution in [0.5, 0.6) is 11.5 Å². The summed E-state index contributed by atoms with van der Waals surface area (Å²) < 4.78 is 41.5. The van der Waals surface area contributed by atoms with E-state index >= 15 is 0 Å². The highest BCUT2D eigenvalue weighted by Gasteiger charge is 2.42. The average molecular weight is 832 g/mol. The fraction of sp³-hybridized carbons (Fsp3) is 0.304. The third-order valence-electron chi connectivity index (χ3n) is 9.78. The molecular formula is C46H50N5O8P. The normalized spacial score (nSPS) is 15.7. The van der Waals surface area contributed by atoms with Crippen LogP contribution in [-0.4, -0.2) is 65.7 Å². The van der Waals surface area contributed by atoms with Crippen molar-refractivity contribution in [2.75, 3.05) is 32.8 Å². The van der Waals surface area contributed by atoms with E-state index in [4.69, 9.17) is 28.0 Å². The van der Waals surface area contributed by atoms with Crippen molar-refractivity contribution in [3.63, 3.8) is 0 Å². The van der Waals surface area contributed by atoms with Gasteiger partial charge < -0.3 is 33.3 Å². The number of hydrogen-bond donors (Lipinski definition) is 1. The van der Waals surface area contributed by atoms with Crippen molar-refractivity contribution < 1.29 is 32.8 Å². The summed E-state index contributed by atoms with van der Waals surface area (Å²) in [6.45, 7) is 8.32. The number of aromatic nitrogens is 2. The molecular weight excluding hydrogens is 782 g/mol. The lowest BCUT2D eigenvalue weighted by Gasteiger charge is -2.38. The predicted molar refractivity (Wildman–Crippen MR) is 229 cm³/mol. The molecule has 312 valence electrons. The topological polar surface area (TPSA) is 146 Å². The van der Waals surface area contributed by atoms with E-state index in [1.807, 2.05) is 84.9 Å². The van der Waals surface area contributed by atoms with Crippen LogP contribution in [0.3, 0.4) is 0 Å². The minimum atomic E-state index is -1.77. The van der Waals surface area contributed by atoms with Gasteiger partial charge in [0.1, 0.15) is 34.8 Å². The smallest absolute Gasteiger partial charge is 0.351 e. The van der Waals surface area contributed by atoms with Gasteiger partial charge in [0.2, 0.25) is 0 Å². The standard InChI is InChI=1S/C46H50N5O8P/c1-32(2)51(33(3)4)60(57-29-13-27-47)59-40-30-43(50-28-26-42(49-45(50)53)48-44(52)34-14-9-7-10-15-34)58-41(40)31-56-46(35-16-11-8-12-17-35,36-18-22-38(54-5)23-19-36)37-20-24-39(55-6)25-21-37/h7-12,14-26,28,30,32-33,41,43H,13,29,31H2,1-6H3,(H,48,49,52,53). The SMILES string of the molecule is COc1ccc(C(OCC2OC(n3ccc(NC(=O)c4ccccc4)nc3=O)C=C2OP(OCCC#N)N(C(C)C)C(C)C)(c2ccccc2)c2ccc(OC)cc2)cc1. The zero-order valence-corrected chi connectivity index (χ0v) is 35.5. The molecule has 1 amide bonds. The van der Waals surface area contributed by atoms with Gasteiger partial charge in [-0.3, -0.25) is 9.36 Å². The third kappa shape index (κ3) is 10.1. The summed E-state index contributed by atoms with van der Waals surface area (Å²) in [5.41, 5.74) is 1.08. The van der Waals surface area contributed by atoms with Crippen LogP contribution in [0.15, 0.2) is 138 Å². The molecule has 60 heavy (non-hydrogen) atoms. The number of nitrogens with zero attached hydrogens (tertiary/aromatic N) is 4. The van der Waals surface area contributed by atoms with E-state index in [-0.39, 0.29) is 37.5 Å². The molecule has 1 N–H and O–H groups in total. The number of amides is 1. The molecule has 0 bridgehead atoms. The molecule has 0 aliphatic carbocycles. The maximum Gasteiger partial charge on any atom is 0.351 e. The molecule has 3 unspecified atom stereocenters. The molecule has 0 radical (unpaired) electrons. The molecule has 6 rings (SSSR count). The van der Waals surface area contributed by atoms with Crippen LogP contribution in [0.1, 0.15) is 67.4 Å². The van der Waals surface area contributed by atoms with Crippen molar-refractivity contribution in [2.45, 2.75) is 64.1 Å². The Morgan fingerprint density at radius 3 is 1.97 bits per heavy atom. The highest BCUT2D eigenvalue weighted by atomic mass is 31.2. The Kier molecular flexibility index (Phi) is 14.9. The van der Waals surface area contributed by atoms with Gasteiger partial charge in [-0.05, 0) is 86.8 Å². The fourth-order valence-electron chi connectivity index (χ4n) is 6.98. The summed E-state index contributed by atoms with van der Waals surface area (Å²) in [6, 6.07) is 37.7. The number of ether oxygens (including phenoxy) is 4. The number of nitriles is 1. The number of carbonyl (C=O) groups excluding carboxylic acids is 1. The van der Waals surface area contributed by atoms with Crippen LogP contribution in [0.25, 0.3) is 0 Å². The van der Waals surface area contributed by atoms with Gasteiger partial charge in [-0.1, -0.05) is 72.8 Å². The number of benzene rings is 4. The van der Waals surface area contributed by atoms with E-state index < -0.39 is 38.1 Å². The average Bonchev–Trinajstić information content (AvgIpc) is 3.66. The molecule has 1 aliphatic heterocycles. The van der Waals surface area contributed by atoms with Crippen LogP contribution in [0, 0.1) is 11.3 Å². The molecule has 3 atom stereocenters. The molecule has 5 aromatic rings. The van der Waals surface area contributed by atoms with Crippen LogP contribution in [0.2, 0.25) is 0 Å². The number of hydrogen-bond acceptors (Lipinski definition) is 11. The number of carbonyl (C=O) groups is 1. The minimum Gasteiger partial charge on any atom is -0.497 e. The van der Waals surface area contributed by atoms with Crippen LogP contribution in [-0.2, 0) is 24.1 Å². The summed E-state index contributed by atoms with van der Waals surface area (Å²) in [6.07, 6.45) is 1.58. The maximum atomic E-state index is 13.7. The quantitative estimate of drug-likeness (QED) is 0.0485. The second kappa shape index (κ2) is 20.4. The van der Waals surface area contributed by atoms with Crippen LogP contribution < -0.4 is 20.5 Å². The Morgan fingerprint density at radius 2 is 1.43 bits per heavy atom. The molecule has 2 heterocycles. The Morgan fingerprint density at radius 1 is 0.867 bits per heavy atom. The second-order valence-corrected chi connectivity index (χ2v) is 15.7. The molecule has 0 saturated carbocycles. The lowest BCUT2D eigenvalue weighted by molar-refractivity contribution is -0.0781. The second-order valence-electron chi connectivity index (χ2n) is 14.4. The van der Waals surface area contributed by atoms with Gasteiger partial charge in [0, 0.05) is 29.9 Å². The molecule has 14 heteroatoms. The van der Waals surface area contributed by atoms with Crippen molar-refractivity contribution in [3.8, 4) is 17.6 Å². The summed E-state index contributed by atoms with van der Waals surface area (Å²) in [4.78, 5) is 30.7. The monoisotopic (exact) mass is 831 g/mol. The number of rotatable bonds is 19. The van der Waals surface area contributed by atoms with Crippen LogP contribution >= 0.6 is 8.53 Å². The summed E-state index contributed by atoms with van der Waals surface area (Å²) >= 11 is 0. The lowest BCUT2D eigenvalue weighted by atomic mass is 9.80. The number of methoxy groups -OCH3 is 2. The van der Waals surface area contributed by atoms with Gasteiger partial charge in [0.05, 0.1) is 39.9 Å². The maximum absolute atomic E-state index is 13.7. The van der Waals surface area contributed by atoms with E-state index in [1.165, 1.54) is 16.8 Å². The van der Waals surface area contributed by atoms with E-state index in [0.717, 1.165) is 16.7 Å². The van der Waals surface area contributed by atoms with Crippen molar-refractivity contribution >= 4 is 20.3 Å². The first-order valence-corrected chi connectivity index (χ1v) is 20.8. The summed E-state index contributed by atoms with van der Waals surface area (Å²) in [5, 5.41) is 12.1. The highest BCUT2D eigenvalue weighted by Crippen LogP contribution is 2.50. The zero-order chi connectivity index (χ0) is 42.6. The first-order chi connectivity index (χ1) is 29.1. The van der Waals surface area contributed by atoms with Crippen molar-refractivity contribution in [1.82, 2.24) is 14.2 Å². The first kappa shape index (κ1) is 43.7. The summed E-state index contributed by atoms with van der Waals surface area (Å²) in [7, 11) is 1.47. The lowest BCUT2D eigenvalue weighted by Crippen LogP contribution is -2.37. The Hall–Kier alpha value is -5.87. The molecule has 0 saturated heterocycles. The van der Waals surface area contributed by atoms with Gasteiger partial charge >= 0.3 is 14.2 Å². The largest absolute Gasteiger partial charge is 0.497 e. The van der Waals surface area contributed by atoms with Gasteiger partial charge in [-0.2, -0.15) is 10.2 Å². The first-order valence-electron chi connectivity index (χ1n) is 19.7. The van der Waals surface area contributed by atoms with E-state index in [9.17, 15) is 14.9 Å². The Balaban J connectivity index is 1.40. The van der Waals surface area contributed by atoms with Crippen LogP contribution in [0.4, 0.5) is 5.82 Å². The minimum absolute atomic E-state index is 0.0212. The predicted octanol–water partition coefficient (Wildman–Crippen LogP) is 8.60. The molecule has 13 nitrogen and oxygen atoms in total. The fourth-order valence-corrected chi connectivity index (χ4v) is 8.62.